The van der Waals surface area contributed by atoms with Gasteiger partial charge in [0.2, 0.25) is 0 Å². The summed E-state index contributed by atoms with van der Waals surface area (Å²) in [5.41, 5.74) is 2.02. The number of hydrogen-bond acceptors (Lipinski definition) is 2. The van der Waals surface area contributed by atoms with Gasteiger partial charge in [0.15, 0.2) is 5.65 Å². The first-order valence-corrected chi connectivity index (χ1v) is 5.27. The van der Waals surface area contributed by atoms with Gasteiger partial charge in [-0.2, -0.15) is 0 Å². The predicted octanol–water partition coefficient (Wildman–Crippen LogP) is 2.79. The van der Waals surface area contributed by atoms with Crippen molar-refractivity contribution in [2.24, 2.45) is 0 Å². The highest BCUT2D eigenvalue weighted by atomic mass is 79.9. The Morgan fingerprint density at radius 3 is 2.64 bits per heavy atom. The van der Waals surface area contributed by atoms with Crippen molar-refractivity contribution in [1.29, 1.82) is 0 Å². The highest BCUT2D eigenvalue weighted by Gasteiger charge is 2.18. The first-order valence-electron chi connectivity index (χ1n) is 4.48. The molecule has 0 N–H and O–H groups in total. The van der Waals surface area contributed by atoms with Crippen LogP contribution in [0.15, 0.2) is 23.2 Å². The molecule has 4 heteroatoms. The summed E-state index contributed by atoms with van der Waals surface area (Å²) in [7, 11) is 0. The SMILES string of the molecule is CC(C)(C)c1cn2ccnc(Br)c2n1. The third kappa shape index (κ3) is 1.54. The highest BCUT2D eigenvalue weighted by molar-refractivity contribution is 9.10. The molecule has 0 fully saturated rings. The van der Waals surface area contributed by atoms with Crippen molar-refractivity contribution in [3.05, 3.63) is 28.9 Å². The minimum atomic E-state index is 0.0749. The Labute approximate surface area is 91.3 Å². The van der Waals surface area contributed by atoms with Crippen molar-refractivity contribution in [2.45, 2.75) is 26.2 Å². The Balaban J connectivity index is 2.69. The van der Waals surface area contributed by atoms with E-state index in [2.05, 4.69) is 46.7 Å². The largest absolute Gasteiger partial charge is 0.303 e. The smallest absolute Gasteiger partial charge is 0.170 e. The topological polar surface area (TPSA) is 30.2 Å². The molecule has 0 radical (unpaired) electrons. The number of nitrogens with zero attached hydrogens (tertiary/aromatic N) is 3. The summed E-state index contributed by atoms with van der Waals surface area (Å²) in [5, 5.41) is 0. The molecule has 2 rings (SSSR count). The van der Waals surface area contributed by atoms with Crippen LogP contribution in [0.5, 0.6) is 0 Å². The summed E-state index contributed by atoms with van der Waals surface area (Å²) in [5.74, 6) is 0. The van der Waals surface area contributed by atoms with Gasteiger partial charge in [0.1, 0.15) is 4.60 Å². The van der Waals surface area contributed by atoms with Gasteiger partial charge in [0.25, 0.3) is 0 Å². The zero-order valence-electron chi connectivity index (χ0n) is 8.45. The Kier molecular flexibility index (Phi) is 2.10. The monoisotopic (exact) mass is 253 g/mol. The van der Waals surface area contributed by atoms with Crippen LogP contribution in [0.4, 0.5) is 0 Å². The normalized spacial score (nSPS) is 12.3. The minimum absolute atomic E-state index is 0.0749. The lowest BCUT2D eigenvalue weighted by Gasteiger charge is -2.13. The molecule has 0 aliphatic heterocycles. The van der Waals surface area contributed by atoms with Crippen molar-refractivity contribution in [3.63, 3.8) is 0 Å². The molecule has 0 saturated heterocycles. The molecule has 0 spiro atoms. The summed E-state index contributed by atoms with van der Waals surface area (Å²) in [6.45, 7) is 6.45. The lowest BCUT2D eigenvalue weighted by Crippen LogP contribution is -2.11. The van der Waals surface area contributed by atoms with Crippen molar-refractivity contribution in [2.75, 3.05) is 0 Å². The van der Waals surface area contributed by atoms with Crippen LogP contribution in [-0.4, -0.2) is 14.4 Å². The van der Waals surface area contributed by atoms with E-state index in [4.69, 9.17) is 0 Å². The van der Waals surface area contributed by atoms with Gasteiger partial charge < -0.3 is 4.40 Å². The zero-order chi connectivity index (χ0) is 10.3. The maximum absolute atomic E-state index is 4.54. The molecule has 0 amide bonds. The van der Waals surface area contributed by atoms with Gasteiger partial charge in [-0.15, -0.1) is 0 Å². The third-order valence-electron chi connectivity index (χ3n) is 2.10. The van der Waals surface area contributed by atoms with Crippen LogP contribution in [0, 0.1) is 0 Å². The van der Waals surface area contributed by atoms with E-state index in [1.54, 1.807) is 6.20 Å². The number of aromatic nitrogens is 3. The second-order valence-electron chi connectivity index (χ2n) is 4.33. The summed E-state index contributed by atoms with van der Waals surface area (Å²) < 4.78 is 2.77. The average Bonchev–Trinajstić information content (AvgIpc) is 2.48. The van der Waals surface area contributed by atoms with Gasteiger partial charge in [-0.1, -0.05) is 20.8 Å². The lowest BCUT2D eigenvalue weighted by molar-refractivity contribution is 0.573. The van der Waals surface area contributed by atoms with Crippen LogP contribution in [0.3, 0.4) is 0 Å². The zero-order valence-corrected chi connectivity index (χ0v) is 10.0. The molecule has 2 aromatic heterocycles. The molecule has 0 aliphatic carbocycles. The fourth-order valence-corrected chi connectivity index (χ4v) is 1.66. The molecule has 0 saturated carbocycles. The van der Waals surface area contributed by atoms with Gasteiger partial charge in [-0.25, -0.2) is 9.97 Å². The summed E-state index contributed by atoms with van der Waals surface area (Å²) >= 11 is 3.38. The van der Waals surface area contributed by atoms with Gasteiger partial charge in [-0.3, -0.25) is 0 Å². The Bertz CT molecular complexity index is 468. The molecule has 0 unspecified atom stereocenters. The maximum atomic E-state index is 4.54. The van der Waals surface area contributed by atoms with E-state index in [0.29, 0.717) is 0 Å². The number of halogens is 1. The molecule has 0 aliphatic rings. The third-order valence-corrected chi connectivity index (χ3v) is 2.66. The molecular weight excluding hydrogens is 242 g/mol. The van der Waals surface area contributed by atoms with Crippen LogP contribution >= 0.6 is 15.9 Å². The van der Waals surface area contributed by atoms with Crippen LogP contribution in [-0.2, 0) is 5.41 Å². The number of rotatable bonds is 0. The van der Waals surface area contributed by atoms with Crippen LogP contribution < -0.4 is 0 Å². The highest BCUT2D eigenvalue weighted by Crippen LogP contribution is 2.23. The molecule has 0 atom stereocenters. The Morgan fingerprint density at radius 1 is 1.36 bits per heavy atom. The molecule has 74 valence electrons. The molecular formula is C10H12BrN3. The molecule has 3 nitrogen and oxygen atoms in total. The van der Waals surface area contributed by atoms with Crippen LogP contribution in [0.1, 0.15) is 26.5 Å². The average molecular weight is 254 g/mol. The lowest BCUT2D eigenvalue weighted by atomic mass is 9.93. The minimum Gasteiger partial charge on any atom is -0.303 e. The van der Waals surface area contributed by atoms with Gasteiger partial charge >= 0.3 is 0 Å². The predicted molar refractivity (Wildman–Crippen MR) is 59.4 cm³/mol. The van der Waals surface area contributed by atoms with Crippen molar-refractivity contribution in [3.8, 4) is 0 Å². The summed E-state index contributed by atoms with van der Waals surface area (Å²) in [6, 6.07) is 0. The molecule has 0 aromatic carbocycles. The van der Waals surface area contributed by atoms with E-state index in [-0.39, 0.29) is 5.41 Å². The first-order chi connectivity index (χ1) is 6.48. The first kappa shape index (κ1) is 9.65. The second-order valence-corrected chi connectivity index (χ2v) is 5.08. The Hall–Kier alpha value is -0.900. The van der Waals surface area contributed by atoms with E-state index in [1.165, 1.54) is 0 Å². The maximum Gasteiger partial charge on any atom is 0.170 e. The molecule has 14 heavy (non-hydrogen) atoms. The van der Waals surface area contributed by atoms with E-state index >= 15 is 0 Å². The van der Waals surface area contributed by atoms with Crippen molar-refractivity contribution in [1.82, 2.24) is 14.4 Å². The fraction of sp³-hybridized carbons (Fsp3) is 0.400. The number of fused-ring (bicyclic) bond motifs is 1. The quantitative estimate of drug-likeness (QED) is 0.723. The van der Waals surface area contributed by atoms with E-state index in [9.17, 15) is 0 Å². The number of imidazole rings is 1. The van der Waals surface area contributed by atoms with Gasteiger partial charge in [-0.05, 0) is 15.9 Å². The van der Waals surface area contributed by atoms with Crippen LogP contribution in [0.2, 0.25) is 0 Å². The molecule has 2 heterocycles. The fourth-order valence-electron chi connectivity index (χ4n) is 1.25. The van der Waals surface area contributed by atoms with E-state index < -0.39 is 0 Å². The van der Waals surface area contributed by atoms with Crippen molar-refractivity contribution >= 4 is 21.6 Å². The van der Waals surface area contributed by atoms with Crippen molar-refractivity contribution < 1.29 is 0 Å². The van der Waals surface area contributed by atoms with E-state index in [0.717, 1.165) is 15.9 Å². The second kappa shape index (κ2) is 3.05. The Morgan fingerprint density at radius 2 is 2.07 bits per heavy atom. The molecule has 2 aromatic rings. The summed E-state index contributed by atoms with van der Waals surface area (Å²) in [4.78, 5) is 8.67. The van der Waals surface area contributed by atoms with Gasteiger partial charge in [0, 0.05) is 24.0 Å². The molecule has 0 bridgehead atoms. The summed E-state index contributed by atoms with van der Waals surface area (Å²) in [6.07, 6.45) is 5.70. The van der Waals surface area contributed by atoms with Crippen LogP contribution in [0.25, 0.3) is 5.65 Å². The number of hydrogen-bond donors (Lipinski definition) is 0. The standard InChI is InChI=1S/C10H12BrN3/c1-10(2,3)7-6-14-5-4-12-8(11)9(14)13-7/h4-6H,1-3H3. The van der Waals surface area contributed by atoms with E-state index in [1.807, 2.05) is 16.8 Å². The van der Waals surface area contributed by atoms with Gasteiger partial charge in [0.05, 0.1) is 5.69 Å².